The van der Waals surface area contributed by atoms with Crippen molar-refractivity contribution in [3.63, 3.8) is 0 Å². The first kappa shape index (κ1) is 21.2. The Morgan fingerprint density at radius 1 is 1.42 bits per heavy atom. The zero-order chi connectivity index (χ0) is 22.0. The fourth-order valence-corrected chi connectivity index (χ4v) is 4.27. The number of hydrogen-bond donors (Lipinski definition) is 2. The number of nitrogens with one attached hydrogen (secondary N) is 1. The van der Waals surface area contributed by atoms with Crippen molar-refractivity contribution < 1.29 is 14.4 Å². The largest absolute Gasteiger partial charge is 0.411 e. The van der Waals surface area contributed by atoms with Crippen LogP contribution in [0.2, 0.25) is 5.02 Å². The number of nitrogens with zero attached hydrogens (tertiary/aromatic N) is 4. The molecule has 162 valence electrons. The number of carbonyl (C=O) groups excluding carboxylic acids is 1. The molecule has 2 N–H and O–H groups in total. The molecule has 4 rings (SSSR count). The standard InChI is InChI=1S/C22H23ClFN5O2/c1-13(30)29-8-2-3-15(12-29)26-21-11-17-16(6-7-25-22(17)27-21)20(28-31)10-14-4-5-19(24)18(23)9-14/h4-7,9,15,31H,2-3,8,10-12H2,1H3,(H,25,26,27)/b28-20+. The van der Waals surface area contributed by atoms with Crippen LogP contribution < -0.4 is 5.32 Å². The lowest BCUT2D eigenvalue weighted by Crippen LogP contribution is -2.40. The smallest absolute Gasteiger partial charge is 0.219 e. The van der Waals surface area contributed by atoms with Crippen LogP contribution in [0.25, 0.3) is 0 Å². The molecule has 7 nitrogen and oxygen atoms in total. The van der Waals surface area contributed by atoms with Crippen molar-refractivity contribution in [2.24, 2.45) is 10.1 Å². The van der Waals surface area contributed by atoms with Crippen LogP contribution in [0, 0.1) is 5.82 Å². The van der Waals surface area contributed by atoms with E-state index in [1.807, 2.05) is 4.90 Å². The molecule has 1 amide bonds. The van der Waals surface area contributed by atoms with Crippen molar-refractivity contribution in [2.45, 2.75) is 38.6 Å². The molecule has 0 saturated carbocycles. The molecule has 0 spiro atoms. The van der Waals surface area contributed by atoms with Crippen LogP contribution in [-0.2, 0) is 17.6 Å². The third-order valence-corrected chi connectivity index (χ3v) is 5.92. The summed E-state index contributed by atoms with van der Waals surface area (Å²) in [7, 11) is 0. The Kier molecular flexibility index (Phi) is 6.18. The lowest BCUT2D eigenvalue weighted by molar-refractivity contribution is -0.129. The monoisotopic (exact) mass is 443 g/mol. The molecule has 1 fully saturated rings. The molecule has 3 heterocycles. The number of anilines is 1. The van der Waals surface area contributed by atoms with Crippen molar-refractivity contribution in [3.05, 3.63) is 58.0 Å². The van der Waals surface area contributed by atoms with E-state index < -0.39 is 5.82 Å². The number of aromatic nitrogens is 1. The molecular weight excluding hydrogens is 421 g/mol. The van der Waals surface area contributed by atoms with Gasteiger partial charge in [0.25, 0.3) is 0 Å². The van der Waals surface area contributed by atoms with Gasteiger partial charge in [0, 0.05) is 50.2 Å². The first-order valence-corrected chi connectivity index (χ1v) is 10.5. The van der Waals surface area contributed by atoms with E-state index in [4.69, 9.17) is 16.6 Å². The number of rotatable bonds is 4. The highest BCUT2D eigenvalue weighted by Crippen LogP contribution is 2.27. The average molecular weight is 444 g/mol. The number of fused-ring (bicyclic) bond motifs is 1. The Bertz CT molecular complexity index is 1070. The minimum absolute atomic E-state index is 0.0259. The van der Waals surface area contributed by atoms with Gasteiger partial charge >= 0.3 is 0 Å². The number of amidine groups is 1. The van der Waals surface area contributed by atoms with Gasteiger partial charge in [0.2, 0.25) is 5.91 Å². The third-order valence-electron chi connectivity index (χ3n) is 5.63. The second-order valence-electron chi connectivity index (χ2n) is 7.80. The van der Waals surface area contributed by atoms with Gasteiger partial charge in [-0.25, -0.2) is 9.37 Å². The fourth-order valence-electron chi connectivity index (χ4n) is 4.07. The summed E-state index contributed by atoms with van der Waals surface area (Å²) in [5.74, 6) is 1.04. The van der Waals surface area contributed by atoms with E-state index in [0.717, 1.165) is 41.9 Å². The van der Waals surface area contributed by atoms with E-state index in [1.54, 1.807) is 25.3 Å². The predicted molar refractivity (Wildman–Crippen MR) is 118 cm³/mol. The second kappa shape index (κ2) is 9.01. The van der Waals surface area contributed by atoms with Crippen LogP contribution in [0.4, 0.5) is 10.2 Å². The first-order valence-electron chi connectivity index (χ1n) is 10.2. The Morgan fingerprint density at radius 2 is 2.26 bits per heavy atom. The summed E-state index contributed by atoms with van der Waals surface area (Å²) in [5, 5.41) is 16.4. The molecule has 2 aromatic rings. The van der Waals surface area contributed by atoms with Gasteiger partial charge in [-0.05, 0) is 36.6 Å². The number of benzene rings is 1. The van der Waals surface area contributed by atoms with Crippen LogP contribution in [0.1, 0.15) is 36.5 Å². The Hall–Kier alpha value is -3.00. The number of aliphatic imine (C=N–C) groups is 1. The van der Waals surface area contributed by atoms with Gasteiger partial charge in [-0.3, -0.25) is 9.79 Å². The summed E-state index contributed by atoms with van der Waals surface area (Å²) in [6.45, 7) is 2.98. The highest BCUT2D eigenvalue weighted by molar-refractivity contribution is 6.30. The molecule has 9 heteroatoms. The number of oxime groups is 1. The Balaban J connectivity index is 1.54. The van der Waals surface area contributed by atoms with Crippen LogP contribution in [0.5, 0.6) is 0 Å². The molecule has 31 heavy (non-hydrogen) atoms. The molecule has 2 aliphatic rings. The number of carbonyl (C=O) groups is 1. The van der Waals surface area contributed by atoms with Gasteiger partial charge in [-0.2, -0.15) is 0 Å². The van der Waals surface area contributed by atoms with E-state index in [9.17, 15) is 14.4 Å². The summed E-state index contributed by atoms with van der Waals surface area (Å²) >= 11 is 5.88. The van der Waals surface area contributed by atoms with Crippen LogP contribution in [0.15, 0.2) is 40.6 Å². The SMILES string of the molecule is CC(=O)N1CCCC(N=C2Cc3c(/C(Cc4ccc(F)c(Cl)c4)=N/O)ccnc3N2)C1. The quantitative estimate of drug-likeness (QED) is 0.428. The molecule has 1 atom stereocenters. The van der Waals surface area contributed by atoms with E-state index in [0.29, 0.717) is 24.5 Å². The molecule has 1 aromatic heterocycles. The van der Waals surface area contributed by atoms with Crippen LogP contribution >= 0.6 is 11.6 Å². The zero-order valence-electron chi connectivity index (χ0n) is 17.1. The van der Waals surface area contributed by atoms with Gasteiger partial charge < -0.3 is 15.4 Å². The highest BCUT2D eigenvalue weighted by atomic mass is 35.5. The molecule has 0 aliphatic carbocycles. The number of pyridine rings is 1. The van der Waals surface area contributed by atoms with Crippen molar-refractivity contribution in [2.75, 3.05) is 18.4 Å². The number of piperidine rings is 1. The number of hydrogen-bond acceptors (Lipinski definition) is 5. The number of amides is 1. The molecule has 1 saturated heterocycles. The molecular formula is C22H23ClFN5O2. The maximum atomic E-state index is 13.5. The summed E-state index contributed by atoms with van der Waals surface area (Å²) in [4.78, 5) is 22.7. The maximum Gasteiger partial charge on any atom is 0.219 e. The topological polar surface area (TPSA) is 90.2 Å². The lowest BCUT2D eigenvalue weighted by Gasteiger charge is -2.30. The predicted octanol–water partition coefficient (Wildman–Crippen LogP) is 3.67. The van der Waals surface area contributed by atoms with Crippen LogP contribution in [0.3, 0.4) is 0 Å². The summed E-state index contributed by atoms with van der Waals surface area (Å²) in [5.41, 5.74) is 2.81. The van der Waals surface area contributed by atoms with Crippen LogP contribution in [-0.4, -0.2) is 51.7 Å². The van der Waals surface area contributed by atoms with E-state index in [1.165, 1.54) is 12.1 Å². The van der Waals surface area contributed by atoms with E-state index in [-0.39, 0.29) is 23.4 Å². The lowest BCUT2D eigenvalue weighted by atomic mass is 9.98. The zero-order valence-corrected chi connectivity index (χ0v) is 17.9. The van der Waals surface area contributed by atoms with Crippen molar-refractivity contribution in [3.8, 4) is 0 Å². The number of halogens is 2. The summed E-state index contributed by atoms with van der Waals surface area (Å²) in [6, 6.07) is 6.28. The summed E-state index contributed by atoms with van der Waals surface area (Å²) in [6.07, 6.45) is 4.32. The fraction of sp³-hybridized carbons (Fsp3) is 0.364. The van der Waals surface area contributed by atoms with E-state index >= 15 is 0 Å². The Labute approximate surface area is 184 Å². The third kappa shape index (κ3) is 4.69. The molecule has 1 aromatic carbocycles. The highest BCUT2D eigenvalue weighted by Gasteiger charge is 2.26. The minimum Gasteiger partial charge on any atom is -0.411 e. The second-order valence-corrected chi connectivity index (χ2v) is 8.20. The molecule has 1 unspecified atom stereocenters. The average Bonchev–Trinajstić information content (AvgIpc) is 3.17. The van der Waals surface area contributed by atoms with E-state index in [2.05, 4.69) is 15.5 Å². The van der Waals surface area contributed by atoms with Crippen molar-refractivity contribution >= 4 is 34.9 Å². The molecule has 0 radical (unpaired) electrons. The number of likely N-dealkylation sites (tertiary alicyclic amines) is 1. The first-order chi connectivity index (χ1) is 14.9. The van der Waals surface area contributed by atoms with Gasteiger partial charge in [-0.1, -0.05) is 22.8 Å². The summed E-state index contributed by atoms with van der Waals surface area (Å²) < 4.78 is 13.5. The van der Waals surface area contributed by atoms with Gasteiger partial charge in [0.1, 0.15) is 17.5 Å². The van der Waals surface area contributed by atoms with Crippen molar-refractivity contribution in [1.29, 1.82) is 0 Å². The van der Waals surface area contributed by atoms with Gasteiger partial charge in [0.05, 0.1) is 16.8 Å². The Morgan fingerprint density at radius 3 is 3.00 bits per heavy atom. The molecule has 0 bridgehead atoms. The van der Waals surface area contributed by atoms with Crippen molar-refractivity contribution in [1.82, 2.24) is 9.88 Å². The normalized spacial score (nSPS) is 20.0. The minimum atomic E-state index is -0.492. The van der Waals surface area contributed by atoms with Gasteiger partial charge in [-0.15, -0.1) is 0 Å². The molecule has 2 aliphatic heterocycles. The van der Waals surface area contributed by atoms with Gasteiger partial charge in [0.15, 0.2) is 0 Å². The maximum absolute atomic E-state index is 13.5.